The molecular formula is C9H18N2O2. The van der Waals surface area contributed by atoms with Crippen LogP contribution in [-0.4, -0.2) is 41.7 Å². The number of hydrogen-bond donors (Lipinski definition) is 2. The smallest absolute Gasteiger partial charge is 0.320 e. The molecule has 1 aliphatic heterocycles. The molecule has 0 aromatic heterocycles. The molecule has 1 rings (SSSR count). The van der Waals surface area contributed by atoms with Crippen LogP contribution in [0.15, 0.2) is 0 Å². The van der Waals surface area contributed by atoms with Crippen molar-refractivity contribution in [2.75, 3.05) is 13.6 Å². The number of hydrogen-bond acceptors (Lipinski definition) is 3. The van der Waals surface area contributed by atoms with E-state index in [2.05, 4.69) is 4.90 Å². The molecule has 1 saturated heterocycles. The van der Waals surface area contributed by atoms with Gasteiger partial charge >= 0.3 is 5.97 Å². The van der Waals surface area contributed by atoms with Crippen molar-refractivity contribution in [3.05, 3.63) is 0 Å². The Labute approximate surface area is 78.7 Å². The molecule has 0 aromatic carbocycles. The van der Waals surface area contributed by atoms with E-state index in [1.54, 1.807) is 0 Å². The standard InChI is InChI=1S/C9H18N2O2/c1-11-5-3-2-4-7(11)6-8(10)9(12)13/h7-8H,2-6,10H2,1H3,(H,12,13)/t7?,8-/m0/s1. The number of carbonyl (C=O) groups is 1. The van der Waals surface area contributed by atoms with Crippen LogP contribution in [0.25, 0.3) is 0 Å². The zero-order valence-electron chi connectivity index (χ0n) is 8.07. The van der Waals surface area contributed by atoms with Crippen LogP contribution in [0.3, 0.4) is 0 Å². The molecule has 4 heteroatoms. The van der Waals surface area contributed by atoms with Gasteiger partial charge in [0.2, 0.25) is 0 Å². The Morgan fingerprint density at radius 2 is 2.38 bits per heavy atom. The van der Waals surface area contributed by atoms with Gasteiger partial charge in [-0.05, 0) is 32.9 Å². The Morgan fingerprint density at radius 3 is 2.92 bits per heavy atom. The lowest BCUT2D eigenvalue weighted by molar-refractivity contribution is -0.139. The average Bonchev–Trinajstić information content (AvgIpc) is 2.08. The average molecular weight is 186 g/mol. The van der Waals surface area contributed by atoms with Gasteiger partial charge in [-0.1, -0.05) is 6.42 Å². The third-order valence-electron chi connectivity index (χ3n) is 2.76. The molecule has 0 amide bonds. The van der Waals surface area contributed by atoms with Gasteiger partial charge in [-0.3, -0.25) is 4.79 Å². The van der Waals surface area contributed by atoms with E-state index in [1.807, 2.05) is 7.05 Å². The topological polar surface area (TPSA) is 66.6 Å². The van der Waals surface area contributed by atoms with E-state index in [9.17, 15) is 4.79 Å². The maximum Gasteiger partial charge on any atom is 0.320 e. The predicted octanol–water partition coefficient (Wildman–Crippen LogP) is 0.273. The molecule has 0 aliphatic carbocycles. The Morgan fingerprint density at radius 1 is 1.69 bits per heavy atom. The maximum atomic E-state index is 10.5. The minimum absolute atomic E-state index is 0.361. The minimum atomic E-state index is -0.890. The highest BCUT2D eigenvalue weighted by Crippen LogP contribution is 2.18. The summed E-state index contributed by atoms with van der Waals surface area (Å²) in [4.78, 5) is 12.8. The minimum Gasteiger partial charge on any atom is -0.480 e. The predicted molar refractivity (Wildman–Crippen MR) is 50.5 cm³/mol. The zero-order valence-corrected chi connectivity index (χ0v) is 8.07. The van der Waals surface area contributed by atoms with Crippen molar-refractivity contribution in [1.82, 2.24) is 4.90 Å². The van der Waals surface area contributed by atoms with Crippen LogP contribution in [-0.2, 0) is 4.79 Å². The first kappa shape index (κ1) is 10.5. The van der Waals surface area contributed by atoms with Crippen molar-refractivity contribution in [3.8, 4) is 0 Å². The molecule has 0 saturated carbocycles. The highest BCUT2D eigenvalue weighted by Gasteiger charge is 2.23. The van der Waals surface area contributed by atoms with E-state index in [4.69, 9.17) is 10.8 Å². The van der Waals surface area contributed by atoms with Gasteiger partial charge in [0.1, 0.15) is 6.04 Å². The van der Waals surface area contributed by atoms with Crippen LogP contribution in [0.2, 0.25) is 0 Å². The van der Waals surface area contributed by atoms with Gasteiger partial charge in [0, 0.05) is 6.04 Å². The fourth-order valence-corrected chi connectivity index (χ4v) is 1.84. The van der Waals surface area contributed by atoms with E-state index < -0.39 is 12.0 Å². The quantitative estimate of drug-likeness (QED) is 0.664. The lowest BCUT2D eigenvalue weighted by Crippen LogP contribution is -2.43. The van der Waals surface area contributed by atoms with E-state index in [0.717, 1.165) is 13.0 Å². The van der Waals surface area contributed by atoms with Gasteiger partial charge in [-0.2, -0.15) is 0 Å². The molecule has 1 heterocycles. The highest BCUT2D eigenvalue weighted by molar-refractivity contribution is 5.73. The second-order valence-electron chi connectivity index (χ2n) is 3.81. The van der Waals surface area contributed by atoms with Crippen LogP contribution in [0.4, 0.5) is 0 Å². The van der Waals surface area contributed by atoms with Crippen LogP contribution in [0.5, 0.6) is 0 Å². The van der Waals surface area contributed by atoms with E-state index in [-0.39, 0.29) is 0 Å². The normalized spacial score (nSPS) is 27.1. The molecule has 1 aliphatic rings. The summed E-state index contributed by atoms with van der Waals surface area (Å²) in [5.41, 5.74) is 5.48. The Kier molecular flexibility index (Phi) is 3.69. The van der Waals surface area contributed by atoms with Gasteiger partial charge in [-0.15, -0.1) is 0 Å². The molecule has 1 fully saturated rings. The van der Waals surface area contributed by atoms with Crippen molar-refractivity contribution in [1.29, 1.82) is 0 Å². The van der Waals surface area contributed by atoms with Crippen molar-refractivity contribution in [2.24, 2.45) is 5.73 Å². The first-order chi connectivity index (χ1) is 6.11. The summed E-state index contributed by atoms with van der Waals surface area (Å²) in [5.74, 6) is -0.890. The lowest BCUT2D eigenvalue weighted by atomic mass is 9.97. The highest BCUT2D eigenvalue weighted by atomic mass is 16.4. The van der Waals surface area contributed by atoms with Crippen molar-refractivity contribution >= 4 is 5.97 Å². The van der Waals surface area contributed by atoms with Crippen LogP contribution < -0.4 is 5.73 Å². The number of likely N-dealkylation sites (tertiary alicyclic amines) is 1. The Hall–Kier alpha value is -0.610. The molecule has 13 heavy (non-hydrogen) atoms. The van der Waals surface area contributed by atoms with Crippen LogP contribution >= 0.6 is 0 Å². The monoisotopic (exact) mass is 186 g/mol. The molecule has 4 nitrogen and oxygen atoms in total. The summed E-state index contributed by atoms with van der Waals surface area (Å²) in [7, 11) is 2.04. The van der Waals surface area contributed by atoms with Gasteiger partial charge in [-0.25, -0.2) is 0 Å². The first-order valence-electron chi connectivity index (χ1n) is 4.80. The third-order valence-corrected chi connectivity index (χ3v) is 2.76. The molecule has 0 spiro atoms. The van der Waals surface area contributed by atoms with Crippen molar-refractivity contribution in [2.45, 2.75) is 37.8 Å². The number of piperidine rings is 1. The molecule has 1 unspecified atom stereocenters. The largest absolute Gasteiger partial charge is 0.480 e. The van der Waals surface area contributed by atoms with Crippen LogP contribution in [0.1, 0.15) is 25.7 Å². The number of carboxylic acid groups (broad SMARTS) is 1. The number of aliphatic carboxylic acids is 1. The summed E-state index contributed by atoms with van der Waals surface area (Å²) in [6, 6.07) is -0.342. The number of nitrogens with zero attached hydrogens (tertiary/aromatic N) is 1. The van der Waals surface area contributed by atoms with E-state index in [0.29, 0.717) is 12.5 Å². The molecular weight excluding hydrogens is 168 g/mol. The summed E-state index contributed by atoms with van der Waals surface area (Å²) in [6.45, 7) is 1.07. The molecule has 0 aromatic rings. The van der Waals surface area contributed by atoms with Gasteiger partial charge in [0.15, 0.2) is 0 Å². The van der Waals surface area contributed by atoms with Crippen LogP contribution in [0, 0.1) is 0 Å². The maximum absolute atomic E-state index is 10.5. The van der Waals surface area contributed by atoms with Crippen molar-refractivity contribution in [3.63, 3.8) is 0 Å². The zero-order chi connectivity index (χ0) is 9.84. The molecule has 3 N–H and O–H groups in total. The summed E-state index contributed by atoms with van der Waals surface area (Å²) in [6.07, 6.45) is 4.07. The summed E-state index contributed by atoms with van der Waals surface area (Å²) >= 11 is 0. The Balaban J connectivity index is 2.37. The van der Waals surface area contributed by atoms with Gasteiger partial charge < -0.3 is 15.7 Å². The first-order valence-corrected chi connectivity index (χ1v) is 4.80. The number of nitrogens with two attached hydrogens (primary N) is 1. The SMILES string of the molecule is CN1CCCCC1C[C@H](N)C(=O)O. The second kappa shape index (κ2) is 4.58. The summed E-state index contributed by atoms with van der Waals surface area (Å²) < 4.78 is 0. The lowest BCUT2D eigenvalue weighted by Gasteiger charge is -2.33. The fourth-order valence-electron chi connectivity index (χ4n) is 1.84. The molecule has 76 valence electrons. The third kappa shape index (κ3) is 2.97. The molecule has 0 bridgehead atoms. The molecule has 0 radical (unpaired) electrons. The fraction of sp³-hybridized carbons (Fsp3) is 0.889. The number of carboxylic acids is 1. The number of rotatable bonds is 3. The Bertz CT molecular complexity index is 184. The van der Waals surface area contributed by atoms with E-state index in [1.165, 1.54) is 12.8 Å². The second-order valence-corrected chi connectivity index (χ2v) is 3.81. The van der Waals surface area contributed by atoms with Gasteiger partial charge in [0.25, 0.3) is 0 Å². The van der Waals surface area contributed by atoms with Gasteiger partial charge in [0.05, 0.1) is 0 Å². The summed E-state index contributed by atoms with van der Waals surface area (Å²) in [5, 5.41) is 8.66. The van der Waals surface area contributed by atoms with Crippen molar-refractivity contribution < 1.29 is 9.90 Å². The van der Waals surface area contributed by atoms with E-state index >= 15 is 0 Å². The molecule has 2 atom stereocenters.